The molecule has 0 saturated carbocycles. The van der Waals surface area contributed by atoms with Gasteiger partial charge in [-0.2, -0.15) is 0 Å². The fourth-order valence-electron chi connectivity index (χ4n) is 1.15. The van der Waals surface area contributed by atoms with Crippen LogP contribution in [0.3, 0.4) is 0 Å². The summed E-state index contributed by atoms with van der Waals surface area (Å²) in [6.45, 7) is 0.558. The largest absolute Gasteiger partial charge is 0.383 e. The molecule has 16 heavy (non-hydrogen) atoms. The van der Waals surface area contributed by atoms with Crippen LogP contribution >= 0.6 is 0 Å². The highest BCUT2D eigenvalue weighted by molar-refractivity contribution is 7.88. The standard InChI is InChI=1S/C10H14FNO3S/c1-15-7-6-12-16(13,14)8-9-2-4-10(11)5-3-9/h2-5,12H,6-8H2,1H3. The molecule has 0 bridgehead atoms. The molecule has 0 aliphatic carbocycles. The molecule has 1 N–H and O–H groups in total. The molecule has 0 aromatic heterocycles. The lowest BCUT2D eigenvalue weighted by Gasteiger charge is -2.06. The van der Waals surface area contributed by atoms with Gasteiger partial charge in [-0.05, 0) is 17.7 Å². The van der Waals surface area contributed by atoms with Crippen molar-refractivity contribution in [3.05, 3.63) is 35.6 Å². The molecule has 1 aromatic carbocycles. The first-order chi connectivity index (χ1) is 7.53. The molecule has 90 valence electrons. The van der Waals surface area contributed by atoms with Crippen LogP contribution in [0.15, 0.2) is 24.3 Å². The van der Waals surface area contributed by atoms with E-state index in [1.807, 2.05) is 0 Å². The van der Waals surface area contributed by atoms with E-state index in [1.54, 1.807) is 0 Å². The van der Waals surface area contributed by atoms with Gasteiger partial charge in [0.1, 0.15) is 5.82 Å². The fourth-order valence-corrected chi connectivity index (χ4v) is 2.28. The summed E-state index contributed by atoms with van der Waals surface area (Å²) in [6.07, 6.45) is 0. The quantitative estimate of drug-likeness (QED) is 0.760. The molecule has 0 amide bonds. The Morgan fingerprint density at radius 1 is 1.31 bits per heavy atom. The van der Waals surface area contributed by atoms with Gasteiger partial charge in [0.2, 0.25) is 10.0 Å². The van der Waals surface area contributed by atoms with Crippen LogP contribution in [0.25, 0.3) is 0 Å². The zero-order valence-corrected chi connectivity index (χ0v) is 9.76. The molecule has 6 heteroatoms. The monoisotopic (exact) mass is 247 g/mol. The summed E-state index contributed by atoms with van der Waals surface area (Å²) >= 11 is 0. The topological polar surface area (TPSA) is 55.4 Å². The van der Waals surface area contributed by atoms with Crippen molar-refractivity contribution < 1.29 is 17.5 Å². The predicted octanol–water partition coefficient (Wildman–Crippen LogP) is 0.891. The molecule has 1 aromatic rings. The zero-order chi connectivity index (χ0) is 12.0. The van der Waals surface area contributed by atoms with Crippen molar-refractivity contribution in [2.75, 3.05) is 20.3 Å². The summed E-state index contributed by atoms with van der Waals surface area (Å²) in [6, 6.07) is 5.37. The lowest BCUT2D eigenvalue weighted by molar-refractivity contribution is 0.204. The van der Waals surface area contributed by atoms with Crippen molar-refractivity contribution in [3.8, 4) is 0 Å². The van der Waals surface area contributed by atoms with Crippen LogP contribution in [0.5, 0.6) is 0 Å². The normalized spacial score (nSPS) is 11.6. The molecule has 0 radical (unpaired) electrons. The van der Waals surface area contributed by atoms with Gasteiger partial charge in [-0.1, -0.05) is 12.1 Å². The molecule has 0 heterocycles. The van der Waals surface area contributed by atoms with Crippen LogP contribution in [-0.2, 0) is 20.5 Å². The van der Waals surface area contributed by atoms with E-state index in [1.165, 1.54) is 31.4 Å². The third-order valence-electron chi connectivity index (χ3n) is 1.90. The molecule has 4 nitrogen and oxygen atoms in total. The predicted molar refractivity (Wildman–Crippen MR) is 58.9 cm³/mol. The van der Waals surface area contributed by atoms with E-state index < -0.39 is 10.0 Å². The summed E-state index contributed by atoms with van der Waals surface area (Å²) in [5, 5.41) is 0. The second kappa shape index (κ2) is 5.93. The van der Waals surface area contributed by atoms with Gasteiger partial charge in [0.05, 0.1) is 12.4 Å². The number of ether oxygens (including phenoxy) is 1. The van der Waals surface area contributed by atoms with Gasteiger partial charge in [-0.15, -0.1) is 0 Å². The van der Waals surface area contributed by atoms with Crippen LogP contribution in [0.2, 0.25) is 0 Å². The summed E-state index contributed by atoms with van der Waals surface area (Å²) in [7, 11) is -1.88. The van der Waals surface area contributed by atoms with E-state index in [4.69, 9.17) is 4.74 Å². The number of halogens is 1. The van der Waals surface area contributed by atoms with Gasteiger partial charge in [-0.3, -0.25) is 0 Å². The molecule has 0 unspecified atom stereocenters. The molecular formula is C10H14FNO3S. The minimum Gasteiger partial charge on any atom is -0.383 e. The van der Waals surface area contributed by atoms with Gasteiger partial charge in [0, 0.05) is 13.7 Å². The van der Waals surface area contributed by atoms with Crippen molar-refractivity contribution in [3.63, 3.8) is 0 Å². The van der Waals surface area contributed by atoms with Crippen LogP contribution in [0.4, 0.5) is 4.39 Å². The molecule has 0 saturated heterocycles. The van der Waals surface area contributed by atoms with Crippen molar-refractivity contribution >= 4 is 10.0 Å². The molecular weight excluding hydrogens is 233 g/mol. The molecule has 1 rings (SSSR count). The van der Waals surface area contributed by atoms with Crippen molar-refractivity contribution in [2.24, 2.45) is 0 Å². The Kier molecular flexibility index (Phi) is 4.85. The first-order valence-electron chi connectivity index (χ1n) is 4.74. The maximum atomic E-state index is 12.6. The first-order valence-corrected chi connectivity index (χ1v) is 6.39. The lowest BCUT2D eigenvalue weighted by atomic mass is 10.2. The Labute approximate surface area is 94.5 Å². The number of benzene rings is 1. The third kappa shape index (κ3) is 4.69. The minimum atomic E-state index is -3.37. The molecule has 0 aliphatic rings. The van der Waals surface area contributed by atoms with Gasteiger partial charge in [-0.25, -0.2) is 17.5 Å². The number of hydrogen-bond acceptors (Lipinski definition) is 3. The fraction of sp³-hybridized carbons (Fsp3) is 0.400. The highest BCUT2D eigenvalue weighted by Gasteiger charge is 2.10. The molecule has 0 spiro atoms. The number of methoxy groups -OCH3 is 1. The second-order valence-corrected chi connectivity index (χ2v) is 5.08. The Balaban J connectivity index is 2.55. The highest BCUT2D eigenvalue weighted by Crippen LogP contribution is 2.06. The van der Waals surface area contributed by atoms with Crippen LogP contribution in [0.1, 0.15) is 5.56 Å². The lowest BCUT2D eigenvalue weighted by Crippen LogP contribution is -2.28. The third-order valence-corrected chi connectivity index (χ3v) is 3.26. The molecule has 0 atom stereocenters. The van der Waals surface area contributed by atoms with E-state index in [2.05, 4.69) is 4.72 Å². The second-order valence-electron chi connectivity index (χ2n) is 3.27. The van der Waals surface area contributed by atoms with Gasteiger partial charge < -0.3 is 4.74 Å². The van der Waals surface area contributed by atoms with Crippen LogP contribution < -0.4 is 4.72 Å². The van der Waals surface area contributed by atoms with Gasteiger partial charge >= 0.3 is 0 Å². The maximum absolute atomic E-state index is 12.6. The summed E-state index contributed by atoms with van der Waals surface area (Å²) in [5.41, 5.74) is 0.548. The summed E-state index contributed by atoms with van der Waals surface area (Å²) < 4.78 is 42.7. The van der Waals surface area contributed by atoms with E-state index in [0.717, 1.165) is 0 Å². The highest BCUT2D eigenvalue weighted by atomic mass is 32.2. The van der Waals surface area contributed by atoms with E-state index in [-0.39, 0.29) is 18.1 Å². The SMILES string of the molecule is COCCNS(=O)(=O)Cc1ccc(F)cc1. The van der Waals surface area contributed by atoms with Gasteiger partial charge in [0.15, 0.2) is 0 Å². The summed E-state index contributed by atoms with van der Waals surface area (Å²) in [5.74, 6) is -0.537. The Morgan fingerprint density at radius 3 is 2.50 bits per heavy atom. The molecule has 0 aliphatic heterocycles. The Bertz CT molecular complexity index is 416. The average Bonchev–Trinajstić information content (AvgIpc) is 2.21. The van der Waals surface area contributed by atoms with Crippen molar-refractivity contribution in [2.45, 2.75) is 5.75 Å². The van der Waals surface area contributed by atoms with Crippen molar-refractivity contribution in [1.82, 2.24) is 4.72 Å². The smallest absolute Gasteiger partial charge is 0.215 e. The van der Waals surface area contributed by atoms with E-state index in [0.29, 0.717) is 12.2 Å². The number of nitrogens with one attached hydrogen (secondary N) is 1. The maximum Gasteiger partial charge on any atom is 0.215 e. The minimum absolute atomic E-state index is 0.156. The summed E-state index contributed by atoms with van der Waals surface area (Å²) in [4.78, 5) is 0. The average molecular weight is 247 g/mol. The Hall–Kier alpha value is -0.980. The number of rotatable bonds is 6. The molecule has 0 fully saturated rings. The number of hydrogen-bond donors (Lipinski definition) is 1. The van der Waals surface area contributed by atoms with Crippen molar-refractivity contribution in [1.29, 1.82) is 0 Å². The van der Waals surface area contributed by atoms with Crippen LogP contribution in [0, 0.1) is 5.82 Å². The van der Waals surface area contributed by atoms with E-state index in [9.17, 15) is 12.8 Å². The zero-order valence-electron chi connectivity index (χ0n) is 8.94. The number of sulfonamides is 1. The van der Waals surface area contributed by atoms with Crippen LogP contribution in [-0.4, -0.2) is 28.7 Å². The van der Waals surface area contributed by atoms with Gasteiger partial charge in [0.25, 0.3) is 0 Å². The first kappa shape index (κ1) is 13.1. The Morgan fingerprint density at radius 2 is 1.94 bits per heavy atom. The van der Waals surface area contributed by atoms with E-state index >= 15 is 0 Å².